The molecule has 1 fully saturated rings. The van der Waals surface area contributed by atoms with Crippen LogP contribution in [0.1, 0.15) is 17.2 Å². The Labute approximate surface area is 158 Å². The molecule has 0 aliphatic carbocycles. The maximum Gasteiger partial charge on any atom is 0.164 e. The van der Waals surface area contributed by atoms with Crippen molar-refractivity contribution in [1.82, 2.24) is 9.88 Å². The molecule has 5 heteroatoms. The lowest BCUT2D eigenvalue weighted by molar-refractivity contribution is 0.0141. The number of para-hydroxylation sites is 1. The third kappa shape index (κ3) is 3.13. The zero-order valence-electron chi connectivity index (χ0n) is 15.2. The average molecular weight is 361 g/mol. The van der Waals surface area contributed by atoms with Gasteiger partial charge in [0.15, 0.2) is 6.10 Å². The fourth-order valence-corrected chi connectivity index (χ4v) is 4.12. The molecular weight excluding hydrogens is 338 g/mol. The number of hydrogen-bond acceptors (Lipinski definition) is 4. The van der Waals surface area contributed by atoms with Crippen molar-refractivity contribution in [3.05, 3.63) is 71.9 Å². The zero-order valence-corrected chi connectivity index (χ0v) is 15.2. The maximum absolute atomic E-state index is 6.04. The van der Waals surface area contributed by atoms with E-state index < -0.39 is 0 Å². The molecule has 0 bridgehead atoms. The van der Waals surface area contributed by atoms with E-state index in [1.165, 1.54) is 10.9 Å². The molecule has 27 heavy (non-hydrogen) atoms. The Bertz CT molecular complexity index is 944. The van der Waals surface area contributed by atoms with E-state index in [0.29, 0.717) is 0 Å². The van der Waals surface area contributed by atoms with E-state index in [1.807, 2.05) is 6.07 Å². The van der Waals surface area contributed by atoms with Gasteiger partial charge in [-0.15, -0.1) is 0 Å². The van der Waals surface area contributed by atoms with Crippen LogP contribution in [0.4, 0.5) is 0 Å². The number of nitrogens with zero attached hydrogens (tertiary/aromatic N) is 2. The number of benzene rings is 2. The van der Waals surface area contributed by atoms with Gasteiger partial charge in [-0.25, -0.2) is 0 Å². The molecule has 0 spiro atoms. The Morgan fingerprint density at radius 2 is 1.78 bits per heavy atom. The van der Waals surface area contributed by atoms with Crippen LogP contribution in [0.15, 0.2) is 65.9 Å². The number of fused-ring (bicyclic) bond motifs is 1. The number of aromatic nitrogens is 1. The van der Waals surface area contributed by atoms with Gasteiger partial charge in [-0.1, -0.05) is 53.7 Å². The number of H-pyrrole nitrogens is 1. The number of aromatic amines is 1. The van der Waals surface area contributed by atoms with Gasteiger partial charge >= 0.3 is 0 Å². The number of morpholine rings is 1. The number of hydrogen-bond donors (Lipinski definition) is 1. The molecule has 0 amide bonds. The molecule has 3 aromatic rings. The lowest BCUT2D eigenvalue weighted by Crippen LogP contribution is -2.41. The van der Waals surface area contributed by atoms with Crippen LogP contribution in [0.3, 0.4) is 0 Å². The number of oxime groups is 1. The number of ether oxygens (including phenoxy) is 1. The molecule has 2 aliphatic heterocycles. The summed E-state index contributed by atoms with van der Waals surface area (Å²) in [5.74, 6) is 0.185. The summed E-state index contributed by atoms with van der Waals surface area (Å²) in [5.41, 5.74) is 4.49. The molecule has 1 aromatic heterocycles. The van der Waals surface area contributed by atoms with E-state index >= 15 is 0 Å². The topological polar surface area (TPSA) is 49.8 Å². The fourth-order valence-electron chi connectivity index (χ4n) is 4.12. The van der Waals surface area contributed by atoms with Crippen molar-refractivity contribution in [3.63, 3.8) is 0 Å². The fraction of sp³-hybridized carbons (Fsp3) is 0.318. The molecular formula is C22H23N3O2. The van der Waals surface area contributed by atoms with Gasteiger partial charge in [0.25, 0.3) is 0 Å². The van der Waals surface area contributed by atoms with Crippen molar-refractivity contribution in [2.24, 2.45) is 11.1 Å². The smallest absolute Gasteiger partial charge is 0.164 e. The standard InChI is InChI=1S/C22H23N3O2/c1-2-6-16(7-3-1)21-19(15-25-10-12-26-13-11-25)22(27-24-21)18-14-23-20-9-5-4-8-17(18)20/h1-9,14,19,22-23H,10-13,15H2. The van der Waals surface area contributed by atoms with E-state index in [2.05, 4.69) is 69.8 Å². The van der Waals surface area contributed by atoms with Gasteiger partial charge in [0, 0.05) is 42.3 Å². The molecule has 0 saturated carbocycles. The van der Waals surface area contributed by atoms with Gasteiger partial charge in [0.05, 0.1) is 24.8 Å². The van der Waals surface area contributed by atoms with Crippen LogP contribution in [0.25, 0.3) is 10.9 Å². The maximum atomic E-state index is 6.04. The summed E-state index contributed by atoms with van der Waals surface area (Å²) in [6, 6.07) is 18.8. The molecule has 138 valence electrons. The second-order valence-corrected chi connectivity index (χ2v) is 7.18. The van der Waals surface area contributed by atoms with Crippen LogP contribution < -0.4 is 0 Å². The molecule has 3 heterocycles. The van der Waals surface area contributed by atoms with Crippen molar-refractivity contribution >= 4 is 16.6 Å². The highest BCUT2D eigenvalue weighted by atomic mass is 16.6. The Morgan fingerprint density at radius 1 is 1.00 bits per heavy atom. The zero-order chi connectivity index (χ0) is 18.1. The van der Waals surface area contributed by atoms with Crippen LogP contribution >= 0.6 is 0 Å². The van der Waals surface area contributed by atoms with Crippen molar-refractivity contribution in [1.29, 1.82) is 0 Å². The van der Waals surface area contributed by atoms with E-state index in [4.69, 9.17) is 9.57 Å². The molecule has 5 rings (SSSR count). The number of rotatable bonds is 4. The monoisotopic (exact) mass is 361 g/mol. The van der Waals surface area contributed by atoms with Crippen molar-refractivity contribution in [2.45, 2.75) is 6.10 Å². The van der Waals surface area contributed by atoms with E-state index in [9.17, 15) is 0 Å². The molecule has 5 nitrogen and oxygen atoms in total. The summed E-state index contributed by atoms with van der Waals surface area (Å²) in [6.45, 7) is 4.42. The summed E-state index contributed by atoms with van der Waals surface area (Å²) in [5, 5.41) is 5.75. The van der Waals surface area contributed by atoms with Crippen molar-refractivity contribution < 1.29 is 9.57 Å². The highest BCUT2D eigenvalue weighted by Crippen LogP contribution is 2.38. The second kappa shape index (κ2) is 7.18. The van der Waals surface area contributed by atoms with Crippen molar-refractivity contribution in [3.8, 4) is 0 Å². The molecule has 1 N–H and O–H groups in total. The Balaban J connectivity index is 1.50. The minimum atomic E-state index is -0.0841. The highest BCUT2D eigenvalue weighted by Gasteiger charge is 2.38. The van der Waals surface area contributed by atoms with Crippen LogP contribution in [-0.4, -0.2) is 48.4 Å². The van der Waals surface area contributed by atoms with Gasteiger partial charge < -0.3 is 14.6 Å². The summed E-state index contributed by atoms with van der Waals surface area (Å²) >= 11 is 0. The molecule has 0 radical (unpaired) electrons. The second-order valence-electron chi connectivity index (χ2n) is 7.18. The summed E-state index contributed by atoms with van der Waals surface area (Å²) in [6.07, 6.45) is 1.99. The summed E-state index contributed by atoms with van der Waals surface area (Å²) < 4.78 is 5.52. The minimum absolute atomic E-state index is 0.0841. The predicted molar refractivity (Wildman–Crippen MR) is 106 cm³/mol. The van der Waals surface area contributed by atoms with E-state index in [0.717, 1.165) is 49.6 Å². The first-order valence-corrected chi connectivity index (χ1v) is 9.55. The molecule has 2 unspecified atom stereocenters. The Hall–Kier alpha value is -2.63. The van der Waals surface area contributed by atoms with Crippen LogP contribution in [0.5, 0.6) is 0 Å². The van der Waals surface area contributed by atoms with Gasteiger partial charge in [-0.05, 0) is 11.6 Å². The van der Waals surface area contributed by atoms with E-state index in [1.54, 1.807) is 0 Å². The highest BCUT2D eigenvalue weighted by molar-refractivity contribution is 6.03. The third-order valence-corrected chi connectivity index (χ3v) is 5.54. The first-order chi connectivity index (χ1) is 13.4. The minimum Gasteiger partial charge on any atom is -0.386 e. The third-order valence-electron chi connectivity index (χ3n) is 5.54. The summed E-state index contributed by atoms with van der Waals surface area (Å²) in [4.78, 5) is 11.9. The quantitative estimate of drug-likeness (QED) is 0.773. The lowest BCUT2D eigenvalue weighted by atomic mass is 9.88. The Morgan fingerprint density at radius 3 is 2.63 bits per heavy atom. The van der Waals surface area contributed by atoms with Crippen molar-refractivity contribution in [2.75, 3.05) is 32.8 Å². The van der Waals surface area contributed by atoms with E-state index in [-0.39, 0.29) is 12.0 Å². The molecule has 2 atom stereocenters. The molecule has 1 saturated heterocycles. The van der Waals surface area contributed by atoms with Gasteiger partial charge in [-0.3, -0.25) is 4.90 Å². The Kier molecular flexibility index (Phi) is 4.40. The molecule has 2 aliphatic rings. The van der Waals surface area contributed by atoms with Gasteiger partial charge in [0.2, 0.25) is 0 Å². The first-order valence-electron chi connectivity index (χ1n) is 9.55. The lowest BCUT2D eigenvalue weighted by Gasteiger charge is -2.30. The van der Waals surface area contributed by atoms with Gasteiger partial charge in [0.1, 0.15) is 0 Å². The largest absolute Gasteiger partial charge is 0.386 e. The first kappa shape index (κ1) is 16.5. The normalized spacial score (nSPS) is 23.3. The van der Waals surface area contributed by atoms with Crippen LogP contribution in [-0.2, 0) is 9.57 Å². The van der Waals surface area contributed by atoms with Gasteiger partial charge in [-0.2, -0.15) is 0 Å². The average Bonchev–Trinajstić information content (AvgIpc) is 3.33. The number of nitrogens with one attached hydrogen (secondary N) is 1. The predicted octanol–water partition coefficient (Wildman–Crippen LogP) is 3.59. The van der Waals surface area contributed by atoms with Crippen LogP contribution in [0, 0.1) is 5.92 Å². The van der Waals surface area contributed by atoms with Crippen LogP contribution in [0.2, 0.25) is 0 Å². The summed E-state index contributed by atoms with van der Waals surface area (Å²) in [7, 11) is 0. The SMILES string of the molecule is c1ccc(C2=NOC(c3c[nH]c4ccccc34)C2CN2CCOCC2)cc1. The molecule has 2 aromatic carbocycles.